The van der Waals surface area contributed by atoms with Crippen LogP contribution in [0, 0.1) is 0 Å². The average Bonchev–Trinajstić information content (AvgIpc) is 2.51. The summed E-state index contributed by atoms with van der Waals surface area (Å²) in [5.74, 6) is 0.0656. The smallest absolute Gasteiger partial charge is 0.220 e. The lowest BCUT2D eigenvalue weighted by molar-refractivity contribution is -0.121. The quantitative estimate of drug-likeness (QED) is 0.802. The van der Waals surface area contributed by atoms with Crippen LogP contribution in [-0.4, -0.2) is 42.6 Å². The molecule has 23 heavy (non-hydrogen) atoms. The van der Waals surface area contributed by atoms with E-state index in [2.05, 4.69) is 48.3 Å². The van der Waals surface area contributed by atoms with E-state index in [1.54, 1.807) is 0 Å². The highest BCUT2D eigenvalue weighted by atomic mass is 16.5. The zero-order chi connectivity index (χ0) is 16.7. The van der Waals surface area contributed by atoms with Gasteiger partial charge in [-0.25, -0.2) is 0 Å². The summed E-state index contributed by atoms with van der Waals surface area (Å²) in [6.45, 7) is 8.28. The Bertz CT molecular complexity index is 480. The second kappa shape index (κ2) is 9.01. The lowest BCUT2D eigenvalue weighted by atomic mass is 10.1. The van der Waals surface area contributed by atoms with Crippen LogP contribution in [0.4, 0.5) is 0 Å². The first kappa shape index (κ1) is 17.9. The van der Waals surface area contributed by atoms with Gasteiger partial charge in [0.2, 0.25) is 5.91 Å². The van der Waals surface area contributed by atoms with E-state index in [1.165, 1.54) is 5.56 Å². The molecule has 1 aliphatic heterocycles. The van der Waals surface area contributed by atoms with Crippen molar-refractivity contribution in [3.8, 4) is 0 Å². The Labute approximate surface area is 139 Å². The maximum Gasteiger partial charge on any atom is 0.220 e. The second-order valence-electron chi connectivity index (χ2n) is 6.44. The van der Waals surface area contributed by atoms with Gasteiger partial charge in [0, 0.05) is 32.6 Å². The molecule has 1 saturated heterocycles. The number of hydrogen-bond donors (Lipinski definition) is 2. The molecule has 0 aliphatic carbocycles. The number of carbonyl (C=O) groups excluding carboxylic acids is 1. The number of morpholine rings is 1. The van der Waals surface area contributed by atoms with Crippen LogP contribution in [0.2, 0.25) is 0 Å². The van der Waals surface area contributed by atoms with E-state index in [-0.39, 0.29) is 5.91 Å². The Balaban J connectivity index is 1.79. The van der Waals surface area contributed by atoms with Crippen LogP contribution in [0.1, 0.15) is 37.8 Å². The fraction of sp³-hybridized carbons (Fsp3) is 0.611. The van der Waals surface area contributed by atoms with Gasteiger partial charge in [0.1, 0.15) is 0 Å². The third kappa shape index (κ3) is 6.29. The Hall–Kier alpha value is -1.43. The molecule has 0 saturated carbocycles. The minimum Gasteiger partial charge on any atom is -0.373 e. The lowest BCUT2D eigenvalue weighted by Crippen LogP contribution is -2.44. The number of benzene rings is 1. The SMILES string of the molecule is CC1CN(Cc2ccc(CNC(=O)CCCN)cc2)CC(C)O1. The van der Waals surface area contributed by atoms with Gasteiger partial charge in [0.25, 0.3) is 0 Å². The number of hydrogen-bond acceptors (Lipinski definition) is 4. The summed E-state index contributed by atoms with van der Waals surface area (Å²) in [6, 6.07) is 8.47. The molecular weight excluding hydrogens is 290 g/mol. The van der Waals surface area contributed by atoms with E-state index in [1.807, 2.05) is 0 Å². The van der Waals surface area contributed by atoms with E-state index >= 15 is 0 Å². The molecule has 0 radical (unpaired) electrons. The molecule has 1 aromatic rings. The van der Waals surface area contributed by atoms with Crippen LogP contribution in [0.25, 0.3) is 0 Å². The average molecular weight is 319 g/mol. The van der Waals surface area contributed by atoms with Crippen molar-refractivity contribution in [3.63, 3.8) is 0 Å². The molecular formula is C18H29N3O2. The highest BCUT2D eigenvalue weighted by molar-refractivity contribution is 5.75. The molecule has 2 rings (SSSR count). The van der Waals surface area contributed by atoms with E-state index in [0.29, 0.717) is 31.7 Å². The molecule has 2 atom stereocenters. The maximum atomic E-state index is 11.6. The number of carbonyl (C=O) groups is 1. The van der Waals surface area contributed by atoms with Crippen molar-refractivity contribution >= 4 is 5.91 Å². The summed E-state index contributed by atoms with van der Waals surface area (Å²) in [5.41, 5.74) is 7.82. The molecule has 0 aromatic heterocycles. The molecule has 0 spiro atoms. The molecule has 3 N–H and O–H groups in total. The van der Waals surface area contributed by atoms with Crippen molar-refractivity contribution in [1.82, 2.24) is 10.2 Å². The van der Waals surface area contributed by atoms with Crippen molar-refractivity contribution in [2.75, 3.05) is 19.6 Å². The van der Waals surface area contributed by atoms with Crippen LogP contribution < -0.4 is 11.1 Å². The van der Waals surface area contributed by atoms with Crippen LogP contribution in [-0.2, 0) is 22.6 Å². The first-order valence-corrected chi connectivity index (χ1v) is 8.49. The Kier molecular flexibility index (Phi) is 7.02. The first-order chi connectivity index (χ1) is 11.1. The van der Waals surface area contributed by atoms with Crippen molar-refractivity contribution in [2.24, 2.45) is 5.73 Å². The zero-order valence-corrected chi connectivity index (χ0v) is 14.3. The molecule has 1 aliphatic rings. The predicted octanol–water partition coefficient (Wildman–Crippen LogP) is 1.65. The van der Waals surface area contributed by atoms with Crippen LogP contribution >= 0.6 is 0 Å². The number of nitrogens with one attached hydrogen (secondary N) is 1. The van der Waals surface area contributed by atoms with Crippen LogP contribution in [0.5, 0.6) is 0 Å². The fourth-order valence-corrected chi connectivity index (χ4v) is 2.99. The molecule has 2 unspecified atom stereocenters. The highest BCUT2D eigenvalue weighted by Gasteiger charge is 2.21. The Morgan fingerprint density at radius 1 is 1.22 bits per heavy atom. The first-order valence-electron chi connectivity index (χ1n) is 8.49. The molecule has 1 heterocycles. The van der Waals surface area contributed by atoms with Crippen molar-refractivity contribution in [3.05, 3.63) is 35.4 Å². The highest BCUT2D eigenvalue weighted by Crippen LogP contribution is 2.14. The van der Waals surface area contributed by atoms with E-state index in [9.17, 15) is 4.79 Å². The third-order valence-electron chi connectivity index (χ3n) is 4.02. The van der Waals surface area contributed by atoms with E-state index in [0.717, 1.165) is 31.6 Å². The largest absolute Gasteiger partial charge is 0.373 e. The summed E-state index contributed by atoms with van der Waals surface area (Å²) in [5, 5.41) is 2.92. The summed E-state index contributed by atoms with van der Waals surface area (Å²) in [7, 11) is 0. The number of amides is 1. The summed E-state index contributed by atoms with van der Waals surface area (Å²) >= 11 is 0. The number of nitrogens with zero attached hydrogens (tertiary/aromatic N) is 1. The monoisotopic (exact) mass is 319 g/mol. The number of ether oxygens (including phenoxy) is 1. The third-order valence-corrected chi connectivity index (χ3v) is 4.02. The number of rotatable bonds is 7. The lowest BCUT2D eigenvalue weighted by Gasteiger charge is -2.35. The van der Waals surface area contributed by atoms with Gasteiger partial charge in [-0.05, 0) is 37.9 Å². The fourth-order valence-electron chi connectivity index (χ4n) is 2.99. The van der Waals surface area contributed by atoms with Gasteiger partial charge in [-0.3, -0.25) is 9.69 Å². The van der Waals surface area contributed by atoms with Gasteiger partial charge in [0.15, 0.2) is 0 Å². The summed E-state index contributed by atoms with van der Waals surface area (Å²) < 4.78 is 5.77. The second-order valence-corrected chi connectivity index (χ2v) is 6.44. The molecule has 1 aromatic carbocycles. The Morgan fingerprint density at radius 2 is 1.83 bits per heavy atom. The number of nitrogens with two attached hydrogens (primary N) is 1. The van der Waals surface area contributed by atoms with E-state index < -0.39 is 0 Å². The molecule has 1 fully saturated rings. The molecule has 1 amide bonds. The van der Waals surface area contributed by atoms with Gasteiger partial charge in [-0.2, -0.15) is 0 Å². The minimum atomic E-state index is 0.0656. The van der Waals surface area contributed by atoms with Gasteiger partial charge >= 0.3 is 0 Å². The van der Waals surface area contributed by atoms with Crippen molar-refractivity contribution < 1.29 is 9.53 Å². The predicted molar refractivity (Wildman–Crippen MR) is 91.9 cm³/mol. The van der Waals surface area contributed by atoms with Gasteiger partial charge in [0.05, 0.1) is 12.2 Å². The minimum absolute atomic E-state index is 0.0656. The van der Waals surface area contributed by atoms with E-state index in [4.69, 9.17) is 10.5 Å². The summed E-state index contributed by atoms with van der Waals surface area (Å²) in [4.78, 5) is 14.0. The van der Waals surface area contributed by atoms with Gasteiger partial charge < -0.3 is 15.8 Å². The Morgan fingerprint density at radius 3 is 2.43 bits per heavy atom. The van der Waals surface area contributed by atoms with Gasteiger partial charge in [-0.15, -0.1) is 0 Å². The molecule has 5 nitrogen and oxygen atoms in total. The summed E-state index contributed by atoms with van der Waals surface area (Å²) in [6.07, 6.45) is 1.83. The standard InChI is InChI=1S/C18H29N3O2/c1-14-11-21(12-15(2)23-14)13-17-7-5-16(6-8-17)10-20-18(22)4-3-9-19/h5-8,14-15H,3-4,9-13,19H2,1-2H3,(H,20,22). The van der Waals surface area contributed by atoms with Gasteiger partial charge in [-0.1, -0.05) is 24.3 Å². The normalized spacial score (nSPS) is 22.0. The van der Waals surface area contributed by atoms with Crippen LogP contribution in [0.15, 0.2) is 24.3 Å². The molecule has 5 heteroatoms. The van der Waals surface area contributed by atoms with Crippen molar-refractivity contribution in [1.29, 1.82) is 0 Å². The topological polar surface area (TPSA) is 67.6 Å². The molecule has 128 valence electrons. The van der Waals surface area contributed by atoms with Crippen LogP contribution in [0.3, 0.4) is 0 Å². The maximum absolute atomic E-state index is 11.6. The molecule has 0 bridgehead atoms. The zero-order valence-electron chi connectivity index (χ0n) is 14.3. The van der Waals surface area contributed by atoms with Crippen molar-refractivity contribution in [2.45, 2.75) is 52.0 Å².